The van der Waals surface area contributed by atoms with Gasteiger partial charge < -0.3 is 18.9 Å². The Labute approximate surface area is 266 Å². The number of carbonyl (C=O) groups is 2. The highest BCUT2D eigenvalue weighted by Gasteiger charge is 2.28. The number of rotatable bonds is 10. The molecular weight excluding hydrogens is 687 g/mol. The van der Waals surface area contributed by atoms with Crippen molar-refractivity contribution < 1.29 is 50.3 Å². The Hall–Kier alpha value is -4.50. The molecule has 0 saturated carbocycles. The summed E-state index contributed by atoms with van der Waals surface area (Å²) in [6.45, 7) is 0. The molecule has 0 fully saturated rings. The number of aromatic nitrogens is 2. The summed E-state index contributed by atoms with van der Waals surface area (Å²) < 4.78 is 67.1. The van der Waals surface area contributed by atoms with Crippen molar-refractivity contribution in [3.63, 3.8) is 0 Å². The summed E-state index contributed by atoms with van der Waals surface area (Å²) in [7, 11) is -4.13. The zero-order chi connectivity index (χ0) is 34.1. The number of hydrogen-bond donors (Lipinski definition) is 2. The first-order valence-corrected chi connectivity index (χ1v) is 15.7. The van der Waals surface area contributed by atoms with Crippen LogP contribution in [0.15, 0.2) is 42.5 Å². The molecule has 2 aromatic carbocycles. The highest BCUT2D eigenvalue weighted by Crippen LogP contribution is 2.33. The molecule has 244 valence electrons. The number of anilines is 1. The smallest absolute Gasteiger partial charge is 0.345 e. The number of benzene rings is 2. The van der Waals surface area contributed by atoms with Crippen molar-refractivity contribution >= 4 is 67.1 Å². The van der Waals surface area contributed by atoms with Gasteiger partial charge in [-0.1, -0.05) is 26.9 Å². The largest absolute Gasteiger partial charge is 0.481 e. The maximum absolute atomic E-state index is 11.7. The van der Waals surface area contributed by atoms with Gasteiger partial charge in [-0.15, -0.1) is 0 Å². The fourth-order valence-electron chi connectivity index (χ4n) is 2.85. The van der Waals surface area contributed by atoms with Crippen LogP contribution in [0.2, 0.25) is 10.0 Å². The minimum atomic E-state index is -4.60. The van der Waals surface area contributed by atoms with Crippen LogP contribution in [0, 0.1) is 10.1 Å². The van der Waals surface area contributed by atoms with Crippen molar-refractivity contribution in [1.29, 1.82) is 0 Å². The molecule has 0 saturated heterocycles. The molecule has 0 aliphatic rings. The van der Waals surface area contributed by atoms with Crippen LogP contribution < -0.4 is 24.2 Å². The molecule has 45 heavy (non-hydrogen) atoms. The summed E-state index contributed by atoms with van der Waals surface area (Å²) in [6, 6.07) is 8.41. The van der Waals surface area contributed by atoms with Crippen LogP contribution in [-0.2, 0) is 25.0 Å². The average Bonchev–Trinajstić information content (AvgIpc) is 2.96. The van der Waals surface area contributed by atoms with E-state index in [4.69, 9.17) is 37.4 Å². The fourth-order valence-corrected chi connectivity index (χ4v) is 5.25. The van der Waals surface area contributed by atoms with Crippen molar-refractivity contribution in [2.45, 2.75) is 0 Å². The van der Waals surface area contributed by atoms with Crippen molar-refractivity contribution in [2.24, 2.45) is 0 Å². The SMILES string of the molecule is COC(=O)c1cc(Oc2ccc(Cl)cc2Cl)ccc1[N+](=O)[O-].COc1cc(OC)nc(NC(=O)NS(=O)(=O)N(C)S(C)(=O)=O)n1. The molecule has 0 unspecified atom stereocenters. The van der Waals surface area contributed by atoms with Gasteiger partial charge in [0.05, 0.1) is 43.6 Å². The second-order valence-corrected chi connectivity index (χ2v) is 12.9. The molecule has 0 aliphatic heterocycles. The summed E-state index contributed by atoms with van der Waals surface area (Å²) in [5.74, 6) is -0.521. The first kappa shape index (κ1) is 36.7. The van der Waals surface area contributed by atoms with Gasteiger partial charge in [0, 0.05) is 24.2 Å². The van der Waals surface area contributed by atoms with Crippen molar-refractivity contribution in [1.82, 2.24) is 18.4 Å². The highest BCUT2D eigenvalue weighted by atomic mass is 35.5. The van der Waals surface area contributed by atoms with Crippen molar-refractivity contribution in [3.05, 3.63) is 68.2 Å². The minimum Gasteiger partial charge on any atom is -0.481 e. The molecule has 0 radical (unpaired) electrons. The normalized spacial score (nSPS) is 11.0. The van der Waals surface area contributed by atoms with Gasteiger partial charge in [-0.3, -0.25) is 15.4 Å². The van der Waals surface area contributed by atoms with Crippen LogP contribution in [0.4, 0.5) is 16.4 Å². The predicted molar refractivity (Wildman–Crippen MR) is 160 cm³/mol. The summed E-state index contributed by atoms with van der Waals surface area (Å²) in [5.41, 5.74) is -0.587. The van der Waals surface area contributed by atoms with E-state index in [0.717, 1.165) is 20.2 Å². The highest BCUT2D eigenvalue weighted by molar-refractivity contribution is 8.03. The average molecular weight is 712 g/mol. The van der Waals surface area contributed by atoms with E-state index < -0.39 is 37.2 Å². The second kappa shape index (κ2) is 15.5. The van der Waals surface area contributed by atoms with Crippen LogP contribution >= 0.6 is 23.2 Å². The maximum Gasteiger partial charge on any atom is 0.345 e. The first-order valence-electron chi connectivity index (χ1n) is 11.7. The third-order valence-corrected chi connectivity index (χ3v) is 9.03. The fraction of sp³-hybridized carbons (Fsp3) is 0.217. The number of ether oxygens (including phenoxy) is 4. The Balaban J connectivity index is 0.000000314. The lowest BCUT2D eigenvalue weighted by molar-refractivity contribution is -0.385. The predicted octanol–water partition coefficient (Wildman–Crippen LogP) is 3.23. The number of nitrogens with zero attached hydrogens (tertiary/aromatic N) is 4. The topological polar surface area (TPSA) is 236 Å². The van der Waals surface area contributed by atoms with E-state index in [2.05, 4.69) is 14.7 Å². The summed E-state index contributed by atoms with van der Waals surface area (Å²) >= 11 is 11.8. The number of amides is 2. The Morgan fingerprint density at radius 3 is 2.04 bits per heavy atom. The number of esters is 1. The molecule has 2 N–H and O–H groups in total. The van der Waals surface area contributed by atoms with Crippen LogP contribution in [0.3, 0.4) is 0 Å². The zero-order valence-electron chi connectivity index (χ0n) is 23.8. The zero-order valence-corrected chi connectivity index (χ0v) is 26.9. The number of hydrogen-bond acceptors (Lipinski definition) is 14. The molecule has 1 heterocycles. The van der Waals surface area contributed by atoms with Gasteiger partial charge in [0.15, 0.2) is 0 Å². The van der Waals surface area contributed by atoms with Gasteiger partial charge in [-0.05, 0) is 24.3 Å². The monoisotopic (exact) mass is 710 g/mol. The molecule has 0 aliphatic carbocycles. The molecule has 3 aromatic rings. The van der Waals surface area contributed by atoms with E-state index in [-0.39, 0.29) is 43.4 Å². The lowest BCUT2D eigenvalue weighted by Crippen LogP contribution is -2.45. The molecule has 0 bridgehead atoms. The van der Waals surface area contributed by atoms with E-state index in [1.807, 2.05) is 5.32 Å². The molecule has 3 rings (SSSR count). The Morgan fingerprint density at radius 2 is 1.56 bits per heavy atom. The molecule has 22 heteroatoms. The standard InChI is InChI=1S/C14H9Cl2NO5.C9H15N5O7S2/c1-21-14(18)10-7-9(3-4-12(10)17(19)20)22-13-5-2-8(15)6-11(13)16;1-14(22(4,16)17)23(18,19)13-9(15)12-8-10-6(20-2)5-7(11-8)21-3/h2-7H,1H3;5H,1-4H3,(H2,10,11,12,13,15). The van der Waals surface area contributed by atoms with Gasteiger partial charge in [0.2, 0.25) is 27.7 Å². The number of urea groups is 1. The van der Waals surface area contributed by atoms with E-state index >= 15 is 0 Å². The number of methoxy groups -OCH3 is 3. The molecular formula is C23H24Cl2N6O12S2. The maximum atomic E-state index is 11.7. The lowest BCUT2D eigenvalue weighted by Gasteiger charge is -2.15. The van der Waals surface area contributed by atoms with E-state index in [0.29, 0.717) is 17.0 Å². The van der Waals surface area contributed by atoms with E-state index in [9.17, 15) is 36.5 Å². The lowest BCUT2D eigenvalue weighted by atomic mass is 10.1. The van der Waals surface area contributed by atoms with Gasteiger partial charge >= 0.3 is 22.2 Å². The van der Waals surface area contributed by atoms with Gasteiger partial charge in [-0.25, -0.2) is 22.7 Å². The van der Waals surface area contributed by atoms with Gasteiger partial charge in [0.25, 0.3) is 5.69 Å². The van der Waals surface area contributed by atoms with Crippen LogP contribution in [-0.4, -0.2) is 82.1 Å². The van der Waals surface area contributed by atoms with E-state index in [1.165, 1.54) is 43.2 Å². The van der Waals surface area contributed by atoms with E-state index in [1.54, 1.807) is 12.1 Å². The number of sulfonamides is 1. The number of nitro groups is 1. The van der Waals surface area contributed by atoms with Crippen molar-refractivity contribution in [2.75, 3.05) is 39.9 Å². The Bertz CT molecular complexity index is 1790. The van der Waals surface area contributed by atoms with Crippen LogP contribution in [0.5, 0.6) is 23.3 Å². The second-order valence-electron chi connectivity index (χ2n) is 8.08. The summed E-state index contributed by atoms with van der Waals surface area (Å²) in [6.07, 6.45) is 0.667. The molecule has 2 amide bonds. The number of nitrogens with one attached hydrogen (secondary N) is 2. The molecule has 18 nitrogen and oxygen atoms in total. The summed E-state index contributed by atoms with van der Waals surface area (Å²) in [5, 5.41) is 13.7. The van der Waals surface area contributed by atoms with Crippen molar-refractivity contribution in [3.8, 4) is 23.3 Å². The van der Waals surface area contributed by atoms with Gasteiger partial charge in [-0.2, -0.15) is 18.4 Å². The molecule has 0 spiro atoms. The van der Waals surface area contributed by atoms with Gasteiger partial charge in [0.1, 0.15) is 17.1 Å². The third kappa shape index (κ3) is 10.6. The molecule has 1 aromatic heterocycles. The number of halogens is 2. The Morgan fingerprint density at radius 1 is 0.956 bits per heavy atom. The number of nitro benzene ring substituents is 1. The summed E-state index contributed by atoms with van der Waals surface area (Å²) in [4.78, 5) is 41.1. The van der Waals surface area contributed by atoms with Crippen LogP contribution in [0.25, 0.3) is 0 Å². The van der Waals surface area contributed by atoms with Crippen LogP contribution in [0.1, 0.15) is 10.4 Å². The number of carbonyl (C=O) groups excluding carboxylic acids is 2. The minimum absolute atomic E-state index is 0.00654. The first-order chi connectivity index (χ1) is 20.9. The Kier molecular flexibility index (Phi) is 12.6. The molecule has 0 atom stereocenters. The quantitative estimate of drug-likeness (QED) is 0.175. The third-order valence-electron chi connectivity index (χ3n) is 5.04.